The summed E-state index contributed by atoms with van der Waals surface area (Å²) in [4.78, 5) is 12.3. The molecule has 0 aromatic heterocycles. The molecule has 0 saturated heterocycles. The maximum atomic E-state index is 12.3. The summed E-state index contributed by atoms with van der Waals surface area (Å²) >= 11 is 0. The predicted molar refractivity (Wildman–Crippen MR) is 80.0 cm³/mol. The number of hydrogen-bond acceptors (Lipinski definition) is 4. The van der Waals surface area contributed by atoms with Crippen LogP contribution in [0.5, 0.6) is 11.5 Å². The van der Waals surface area contributed by atoms with E-state index in [0.29, 0.717) is 5.75 Å². The number of rotatable bonds is 3. The lowest BCUT2D eigenvalue weighted by molar-refractivity contribution is -0.136. The van der Waals surface area contributed by atoms with Crippen LogP contribution in [0.2, 0.25) is 0 Å². The Morgan fingerprint density at radius 2 is 1.76 bits per heavy atom. The molecule has 3 rings (SSSR count). The number of methoxy groups -OCH3 is 1. The highest BCUT2D eigenvalue weighted by atomic mass is 16.5. The van der Waals surface area contributed by atoms with Gasteiger partial charge < -0.3 is 14.8 Å². The van der Waals surface area contributed by atoms with Gasteiger partial charge in [-0.3, -0.25) is 0 Å². The topological polar surface area (TPSA) is 47.6 Å². The van der Waals surface area contributed by atoms with Crippen molar-refractivity contribution in [3.05, 3.63) is 65.9 Å². The van der Waals surface area contributed by atoms with Crippen molar-refractivity contribution in [1.82, 2.24) is 5.32 Å². The standard InChI is InChI=1S/C17H15NO3/c1-20-13-6-8-14(9-7-13)21-17(19)16-15-5-3-2-4-12(15)10-11-18-16/h2-11,16,18H,1H3. The zero-order valence-electron chi connectivity index (χ0n) is 11.6. The molecule has 0 bridgehead atoms. The number of fused-ring (bicyclic) bond motifs is 1. The lowest BCUT2D eigenvalue weighted by Crippen LogP contribution is -2.30. The zero-order chi connectivity index (χ0) is 14.7. The largest absolute Gasteiger partial charge is 0.497 e. The van der Waals surface area contributed by atoms with Gasteiger partial charge in [0.1, 0.15) is 11.5 Å². The van der Waals surface area contributed by atoms with Gasteiger partial charge in [-0.2, -0.15) is 0 Å². The van der Waals surface area contributed by atoms with Crippen molar-refractivity contribution in [3.63, 3.8) is 0 Å². The smallest absolute Gasteiger partial charge is 0.338 e. The third kappa shape index (κ3) is 2.74. The third-order valence-electron chi connectivity index (χ3n) is 3.35. The quantitative estimate of drug-likeness (QED) is 0.694. The van der Waals surface area contributed by atoms with Gasteiger partial charge in [0.2, 0.25) is 0 Å². The number of esters is 1. The molecular formula is C17H15NO3. The summed E-state index contributed by atoms with van der Waals surface area (Å²) < 4.78 is 10.5. The van der Waals surface area contributed by atoms with Crippen LogP contribution in [-0.4, -0.2) is 13.1 Å². The Bertz CT molecular complexity index is 677. The van der Waals surface area contributed by atoms with E-state index in [1.165, 1.54) is 0 Å². The van der Waals surface area contributed by atoms with Crippen LogP contribution >= 0.6 is 0 Å². The van der Waals surface area contributed by atoms with Gasteiger partial charge in [0.25, 0.3) is 0 Å². The average Bonchev–Trinajstić information content (AvgIpc) is 2.55. The first-order valence-corrected chi connectivity index (χ1v) is 6.65. The van der Waals surface area contributed by atoms with Crippen molar-refractivity contribution < 1.29 is 14.3 Å². The normalized spacial score (nSPS) is 15.8. The van der Waals surface area contributed by atoms with E-state index >= 15 is 0 Å². The summed E-state index contributed by atoms with van der Waals surface area (Å²) in [6.07, 6.45) is 3.70. The number of nitrogens with one attached hydrogen (secondary N) is 1. The molecule has 0 aliphatic carbocycles. The number of hydrogen-bond donors (Lipinski definition) is 1. The van der Waals surface area contributed by atoms with Crippen LogP contribution in [0.15, 0.2) is 54.7 Å². The number of benzene rings is 2. The fraction of sp³-hybridized carbons (Fsp3) is 0.118. The molecule has 0 saturated carbocycles. The second-order valence-electron chi connectivity index (χ2n) is 4.66. The van der Waals surface area contributed by atoms with Crippen molar-refractivity contribution in [2.24, 2.45) is 0 Å². The van der Waals surface area contributed by atoms with Crippen molar-refractivity contribution in [1.29, 1.82) is 0 Å². The maximum Gasteiger partial charge on any atom is 0.338 e. The first-order valence-electron chi connectivity index (χ1n) is 6.65. The van der Waals surface area contributed by atoms with E-state index in [0.717, 1.165) is 16.9 Å². The minimum Gasteiger partial charge on any atom is -0.497 e. The SMILES string of the molecule is COc1ccc(OC(=O)C2NC=Cc3ccccc32)cc1. The average molecular weight is 281 g/mol. The van der Waals surface area contributed by atoms with Crippen molar-refractivity contribution in [2.75, 3.05) is 7.11 Å². The molecule has 106 valence electrons. The summed E-state index contributed by atoms with van der Waals surface area (Å²) in [5.74, 6) is 0.880. The molecule has 1 aliphatic rings. The molecule has 1 unspecified atom stereocenters. The fourth-order valence-electron chi connectivity index (χ4n) is 2.26. The Morgan fingerprint density at radius 3 is 2.52 bits per heavy atom. The van der Waals surface area contributed by atoms with Gasteiger partial charge in [-0.1, -0.05) is 24.3 Å². The molecule has 0 amide bonds. The summed E-state index contributed by atoms with van der Waals surface area (Å²) in [6.45, 7) is 0. The molecule has 2 aromatic carbocycles. The Labute approximate surface area is 123 Å². The molecule has 0 radical (unpaired) electrons. The van der Waals surface area contributed by atoms with Crippen LogP contribution in [0, 0.1) is 0 Å². The molecule has 1 N–H and O–H groups in total. The first-order chi connectivity index (χ1) is 10.3. The van der Waals surface area contributed by atoms with Gasteiger partial charge in [0.15, 0.2) is 6.04 Å². The van der Waals surface area contributed by atoms with E-state index in [1.54, 1.807) is 37.6 Å². The zero-order valence-corrected chi connectivity index (χ0v) is 11.6. The highest BCUT2D eigenvalue weighted by molar-refractivity contribution is 5.82. The fourth-order valence-corrected chi connectivity index (χ4v) is 2.26. The molecule has 2 aromatic rings. The second-order valence-corrected chi connectivity index (χ2v) is 4.66. The van der Waals surface area contributed by atoms with E-state index in [1.807, 2.05) is 30.3 Å². The third-order valence-corrected chi connectivity index (χ3v) is 3.35. The first kappa shape index (κ1) is 13.2. The van der Waals surface area contributed by atoms with Crippen LogP contribution in [0.25, 0.3) is 6.08 Å². The van der Waals surface area contributed by atoms with Crippen LogP contribution in [0.3, 0.4) is 0 Å². The molecule has 4 heteroatoms. The molecule has 21 heavy (non-hydrogen) atoms. The number of ether oxygens (including phenoxy) is 2. The number of carbonyl (C=O) groups excluding carboxylic acids is 1. The van der Waals surface area contributed by atoms with Gasteiger partial charge in [0, 0.05) is 0 Å². The molecule has 1 atom stereocenters. The summed E-state index contributed by atoms with van der Waals surface area (Å²) in [6, 6.07) is 14.2. The van der Waals surface area contributed by atoms with Gasteiger partial charge in [-0.15, -0.1) is 0 Å². The molecule has 1 aliphatic heterocycles. The number of carbonyl (C=O) groups is 1. The minimum absolute atomic E-state index is 0.336. The van der Waals surface area contributed by atoms with E-state index in [9.17, 15) is 4.79 Å². The second kappa shape index (κ2) is 5.71. The van der Waals surface area contributed by atoms with Crippen LogP contribution in [-0.2, 0) is 4.79 Å². The van der Waals surface area contributed by atoms with E-state index in [-0.39, 0.29) is 5.97 Å². The Balaban J connectivity index is 1.78. The van der Waals surface area contributed by atoms with Crippen molar-refractivity contribution >= 4 is 12.0 Å². The van der Waals surface area contributed by atoms with Crippen molar-refractivity contribution in [3.8, 4) is 11.5 Å². The molecule has 0 fully saturated rings. The molecular weight excluding hydrogens is 266 g/mol. The Hall–Kier alpha value is -2.75. The van der Waals surface area contributed by atoms with E-state index in [2.05, 4.69) is 5.32 Å². The van der Waals surface area contributed by atoms with Crippen LogP contribution in [0.1, 0.15) is 17.2 Å². The van der Waals surface area contributed by atoms with Crippen LogP contribution in [0.4, 0.5) is 0 Å². The monoisotopic (exact) mass is 281 g/mol. The summed E-state index contributed by atoms with van der Waals surface area (Å²) in [7, 11) is 1.59. The highest BCUT2D eigenvalue weighted by Gasteiger charge is 2.25. The summed E-state index contributed by atoms with van der Waals surface area (Å²) in [5.41, 5.74) is 1.94. The van der Waals surface area contributed by atoms with Crippen LogP contribution < -0.4 is 14.8 Å². The van der Waals surface area contributed by atoms with Gasteiger partial charge >= 0.3 is 5.97 Å². The Kier molecular flexibility index (Phi) is 3.60. The van der Waals surface area contributed by atoms with E-state index < -0.39 is 6.04 Å². The highest BCUT2D eigenvalue weighted by Crippen LogP contribution is 2.25. The van der Waals surface area contributed by atoms with Gasteiger partial charge in [-0.05, 0) is 47.7 Å². The lowest BCUT2D eigenvalue weighted by atomic mass is 9.98. The molecule has 1 heterocycles. The van der Waals surface area contributed by atoms with E-state index in [4.69, 9.17) is 9.47 Å². The van der Waals surface area contributed by atoms with Gasteiger partial charge in [0.05, 0.1) is 7.11 Å². The predicted octanol–water partition coefficient (Wildman–Crippen LogP) is 2.92. The molecule has 4 nitrogen and oxygen atoms in total. The summed E-state index contributed by atoms with van der Waals surface area (Å²) in [5, 5.41) is 3.04. The van der Waals surface area contributed by atoms with Gasteiger partial charge in [-0.25, -0.2) is 4.79 Å². The molecule has 0 spiro atoms. The van der Waals surface area contributed by atoms with Crippen molar-refractivity contribution in [2.45, 2.75) is 6.04 Å². The Morgan fingerprint density at radius 1 is 1.05 bits per heavy atom. The lowest BCUT2D eigenvalue weighted by Gasteiger charge is -2.21. The maximum absolute atomic E-state index is 12.3. The minimum atomic E-state index is -0.492.